The second-order valence-electron chi connectivity index (χ2n) is 2.52. The van der Waals surface area contributed by atoms with Gasteiger partial charge in [0, 0.05) is 0 Å². The fraction of sp³-hybridized carbons (Fsp3) is 0.857. The molecule has 78 valence electrons. The summed E-state index contributed by atoms with van der Waals surface area (Å²) in [6.45, 7) is 3.58. The maximum absolute atomic E-state index is 11.0. The molecule has 0 bridgehead atoms. The molecule has 0 aromatic heterocycles. The molecule has 0 aliphatic heterocycles. The van der Waals surface area contributed by atoms with Crippen molar-refractivity contribution in [3.05, 3.63) is 0 Å². The van der Waals surface area contributed by atoms with Crippen LogP contribution in [0.3, 0.4) is 0 Å². The lowest BCUT2D eigenvalue weighted by atomic mass is 10.1. The van der Waals surface area contributed by atoms with E-state index in [9.17, 15) is 9.00 Å². The molecular weight excluding hydrogens is 196 g/mol. The third kappa shape index (κ3) is 6.68. The molecule has 0 heterocycles. The molecule has 0 aliphatic carbocycles. The third-order valence-corrected chi connectivity index (χ3v) is 1.89. The predicted molar refractivity (Wildman–Crippen MR) is 47.1 cm³/mol. The topological polar surface area (TPSA) is 72.8 Å². The van der Waals surface area contributed by atoms with Crippen LogP contribution in [0.25, 0.3) is 0 Å². The largest absolute Gasteiger partial charge is 0.463 e. The lowest BCUT2D eigenvalue weighted by Crippen LogP contribution is -2.17. The first kappa shape index (κ1) is 12.5. The molecule has 0 saturated heterocycles. The van der Waals surface area contributed by atoms with Crippen LogP contribution < -0.4 is 0 Å². The van der Waals surface area contributed by atoms with Crippen LogP contribution in [0, 0.1) is 5.92 Å². The first-order valence-corrected chi connectivity index (χ1v) is 5.01. The van der Waals surface area contributed by atoms with E-state index in [1.54, 1.807) is 6.92 Å². The van der Waals surface area contributed by atoms with Gasteiger partial charge in [0.15, 0.2) is 0 Å². The SMILES string of the molecule is CCC(C)C(=O)OCCOS(=O)O. The van der Waals surface area contributed by atoms with Crippen LogP contribution in [0.5, 0.6) is 0 Å². The summed E-state index contributed by atoms with van der Waals surface area (Å²) in [5, 5.41) is 0. The van der Waals surface area contributed by atoms with Crippen LogP contribution in [-0.4, -0.2) is 27.9 Å². The Labute approximate surface area is 79.9 Å². The molecule has 2 unspecified atom stereocenters. The van der Waals surface area contributed by atoms with Gasteiger partial charge in [-0.3, -0.25) is 13.5 Å². The molecule has 0 aromatic rings. The highest BCUT2D eigenvalue weighted by atomic mass is 32.2. The summed E-state index contributed by atoms with van der Waals surface area (Å²) in [6.07, 6.45) is 0.714. The van der Waals surface area contributed by atoms with Crippen molar-refractivity contribution in [3.63, 3.8) is 0 Å². The molecule has 0 aliphatic rings. The summed E-state index contributed by atoms with van der Waals surface area (Å²) in [6, 6.07) is 0. The molecule has 0 rings (SSSR count). The molecule has 0 amide bonds. The van der Waals surface area contributed by atoms with E-state index in [1.165, 1.54) is 0 Å². The Morgan fingerprint density at radius 1 is 1.54 bits per heavy atom. The number of ether oxygens (including phenoxy) is 1. The van der Waals surface area contributed by atoms with Gasteiger partial charge in [0.25, 0.3) is 0 Å². The van der Waals surface area contributed by atoms with Crippen molar-refractivity contribution in [3.8, 4) is 0 Å². The highest BCUT2D eigenvalue weighted by molar-refractivity contribution is 7.74. The number of esters is 1. The molecule has 6 heteroatoms. The second kappa shape index (κ2) is 6.99. The van der Waals surface area contributed by atoms with Gasteiger partial charge in [-0.2, -0.15) is 4.21 Å². The van der Waals surface area contributed by atoms with Crippen LogP contribution >= 0.6 is 0 Å². The Morgan fingerprint density at radius 3 is 2.62 bits per heavy atom. The van der Waals surface area contributed by atoms with Gasteiger partial charge < -0.3 is 4.74 Å². The minimum absolute atomic E-state index is 0.00940. The van der Waals surface area contributed by atoms with Gasteiger partial charge >= 0.3 is 17.3 Å². The van der Waals surface area contributed by atoms with Crippen molar-refractivity contribution in [2.24, 2.45) is 5.92 Å². The highest BCUT2D eigenvalue weighted by Crippen LogP contribution is 2.02. The normalized spacial score (nSPS) is 15.0. The minimum atomic E-state index is -2.28. The maximum Gasteiger partial charge on any atom is 0.308 e. The van der Waals surface area contributed by atoms with Crippen molar-refractivity contribution >= 4 is 17.3 Å². The predicted octanol–water partition coefficient (Wildman–Crippen LogP) is 0.729. The summed E-state index contributed by atoms with van der Waals surface area (Å²) in [7, 11) is 0. The first-order valence-electron chi connectivity index (χ1n) is 3.98. The second-order valence-corrected chi connectivity index (χ2v) is 3.19. The van der Waals surface area contributed by atoms with E-state index in [0.29, 0.717) is 6.42 Å². The minimum Gasteiger partial charge on any atom is -0.463 e. The monoisotopic (exact) mass is 210 g/mol. The summed E-state index contributed by atoms with van der Waals surface area (Å²) >= 11 is -2.28. The summed E-state index contributed by atoms with van der Waals surface area (Å²) in [5.74, 6) is -0.450. The average molecular weight is 210 g/mol. The van der Waals surface area contributed by atoms with Gasteiger partial charge in [0.2, 0.25) is 0 Å². The number of rotatable bonds is 6. The lowest BCUT2D eigenvalue weighted by molar-refractivity contribution is -0.148. The summed E-state index contributed by atoms with van der Waals surface area (Å²) in [4.78, 5) is 11.0. The van der Waals surface area contributed by atoms with Crippen LogP contribution in [0.1, 0.15) is 20.3 Å². The molecule has 0 fully saturated rings. The van der Waals surface area contributed by atoms with Crippen molar-refractivity contribution < 1.29 is 22.5 Å². The van der Waals surface area contributed by atoms with E-state index >= 15 is 0 Å². The number of hydrogen-bond donors (Lipinski definition) is 1. The standard InChI is InChI=1S/C7H14O5S/c1-3-6(2)7(8)11-4-5-12-13(9)10/h6H,3-5H2,1-2H3,(H,9,10). The van der Waals surface area contributed by atoms with Crippen LogP contribution in [0.4, 0.5) is 0 Å². The van der Waals surface area contributed by atoms with Gasteiger partial charge in [-0.15, -0.1) is 0 Å². The molecule has 0 aromatic carbocycles. The molecule has 0 saturated carbocycles. The zero-order valence-corrected chi connectivity index (χ0v) is 8.50. The maximum atomic E-state index is 11.0. The smallest absolute Gasteiger partial charge is 0.308 e. The fourth-order valence-corrected chi connectivity index (χ4v) is 0.767. The highest BCUT2D eigenvalue weighted by Gasteiger charge is 2.11. The Hall–Kier alpha value is -0.460. The number of carbonyl (C=O) groups is 1. The van der Waals surface area contributed by atoms with Crippen molar-refractivity contribution in [2.75, 3.05) is 13.2 Å². The Kier molecular flexibility index (Phi) is 6.75. The van der Waals surface area contributed by atoms with Crippen LogP contribution in [-0.2, 0) is 25.1 Å². The number of carbonyl (C=O) groups excluding carboxylic acids is 1. The Bertz CT molecular complexity index is 182. The summed E-state index contributed by atoms with van der Waals surface area (Å²) in [5.41, 5.74) is 0. The quantitative estimate of drug-likeness (QED) is 0.397. The molecule has 1 N–H and O–H groups in total. The lowest BCUT2D eigenvalue weighted by Gasteiger charge is -2.07. The molecule has 13 heavy (non-hydrogen) atoms. The van der Waals surface area contributed by atoms with E-state index < -0.39 is 11.4 Å². The van der Waals surface area contributed by atoms with Gasteiger partial charge in [-0.05, 0) is 6.42 Å². The van der Waals surface area contributed by atoms with Crippen LogP contribution in [0.2, 0.25) is 0 Å². The Morgan fingerprint density at radius 2 is 2.15 bits per heavy atom. The van der Waals surface area contributed by atoms with Crippen LogP contribution in [0.15, 0.2) is 0 Å². The van der Waals surface area contributed by atoms with E-state index in [-0.39, 0.29) is 25.1 Å². The Balaban J connectivity index is 3.42. The molecule has 5 nitrogen and oxygen atoms in total. The van der Waals surface area contributed by atoms with Gasteiger partial charge in [0.05, 0.1) is 5.92 Å². The van der Waals surface area contributed by atoms with Gasteiger partial charge in [0.1, 0.15) is 13.2 Å². The molecule has 2 atom stereocenters. The van der Waals surface area contributed by atoms with Gasteiger partial charge in [-0.25, -0.2) is 0 Å². The van der Waals surface area contributed by atoms with Crippen molar-refractivity contribution in [2.45, 2.75) is 20.3 Å². The van der Waals surface area contributed by atoms with E-state index in [4.69, 9.17) is 9.29 Å². The van der Waals surface area contributed by atoms with E-state index in [2.05, 4.69) is 4.18 Å². The van der Waals surface area contributed by atoms with E-state index in [0.717, 1.165) is 0 Å². The average Bonchev–Trinajstić information content (AvgIpc) is 2.10. The molecular formula is C7H14O5S. The fourth-order valence-electron chi connectivity index (χ4n) is 0.556. The van der Waals surface area contributed by atoms with E-state index in [1.807, 2.05) is 6.92 Å². The summed E-state index contributed by atoms with van der Waals surface area (Å²) < 4.78 is 27.2. The van der Waals surface area contributed by atoms with Gasteiger partial charge in [-0.1, -0.05) is 13.8 Å². The number of hydrogen-bond acceptors (Lipinski definition) is 4. The molecule has 0 spiro atoms. The van der Waals surface area contributed by atoms with Crippen molar-refractivity contribution in [1.29, 1.82) is 0 Å². The third-order valence-electron chi connectivity index (χ3n) is 1.53. The first-order chi connectivity index (χ1) is 6.07. The zero-order chi connectivity index (χ0) is 10.3. The zero-order valence-electron chi connectivity index (χ0n) is 7.69. The molecule has 0 radical (unpaired) electrons. The van der Waals surface area contributed by atoms with Crippen molar-refractivity contribution in [1.82, 2.24) is 0 Å².